The first-order valence-corrected chi connectivity index (χ1v) is 12.7. The molecule has 1 heterocycles. The van der Waals surface area contributed by atoms with Crippen LogP contribution in [0.2, 0.25) is 0 Å². The summed E-state index contributed by atoms with van der Waals surface area (Å²) < 4.78 is 10.7. The first kappa shape index (κ1) is 27.7. The Morgan fingerprint density at radius 3 is 2.45 bits per heavy atom. The average molecular weight is 529 g/mol. The summed E-state index contributed by atoms with van der Waals surface area (Å²) in [6.45, 7) is 2.31. The third-order valence-corrected chi connectivity index (χ3v) is 8.45. The Morgan fingerprint density at radius 2 is 1.82 bits per heavy atom. The van der Waals surface area contributed by atoms with E-state index in [-0.39, 0.29) is 18.3 Å². The zero-order valence-electron chi connectivity index (χ0n) is 21.1. The normalized spacial score (nSPS) is 40.6. The van der Waals surface area contributed by atoms with Crippen LogP contribution in [-0.4, -0.2) is 69.7 Å². The summed E-state index contributed by atoms with van der Waals surface area (Å²) in [6, 6.07) is 0. The van der Waals surface area contributed by atoms with Crippen LogP contribution in [-0.2, 0) is 33.4 Å². The number of ketones is 2. The molecule has 10 atom stereocenters. The number of hydrogen-bond donors (Lipinski definition) is 3. The third-order valence-electron chi connectivity index (χ3n) is 8.45. The number of fused-ring (bicyclic) bond motifs is 3. The lowest BCUT2D eigenvalue weighted by Gasteiger charge is -2.52. The molecule has 4 aliphatic rings. The number of aliphatic hydroxyl groups excluding tert-OH is 2. The van der Waals surface area contributed by atoms with Gasteiger partial charge in [0.2, 0.25) is 5.78 Å². The van der Waals surface area contributed by atoms with Crippen LogP contribution in [0.1, 0.15) is 26.7 Å². The van der Waals surface area contributed by atoms with E-state index in [1.54, 1.807) is 13.0 Å². The van der Waals surface area contributed by atoms with Crippen LogP contribution in [0.3, 0.4) is 0 Å². The second-order valence-electron chi connectivity index (χ2n) is 10.5. The van der Waals surface area contributed by atoms with Gasteiger partial charge in [-0.25, -0.2) is 4.79 Å². The summed E-state index contributed by atoms with van der Waals surface area (Å²) in [6.07, 6.45) is 9.66. The van der Waals surface area contributed by atoms with E-state index in [4.69, 9.17) is 14.6 Å². The number of allylic oxidation sites excluding steroid dienone is 6. The Hall–Kier alpha value is -3.37. The predicted octanol–water partition coefficient (Wildman–Crippen LogP) is 1.17. The summed E-state index contributed by atoms with van der Waals surface area (Å²) >= 11 is 0. The maximum absolute atomic E-state index is 14.3. The van der Waals surface area contributed by atoms with Gasteiger partial charge in [0.1, 0.15) is 6.10 Å². The zero-order chi connectivity index (χ0) is 27.8. The van der Waals surface area contributed by atoms with E-state index in [2.05, 4.69) is 0 Å². The molecular formula is C28H32O10. The fourth-order valence-corrected chi connectivity index (χ4v) is 6.71. The van der Waals surface area contributed by atoms with Crippen molar-refractivity contribution in [2.75, 3.05) is 6.61 Å². The summed E-state index contributed by atoms with van der Waals surface area (Å²) in [5.74, 6) is -7.26. The van der Waals surface area contributed by atoms with Gasteiger partial charge in [0.25, 0.3) is 0 Å². The van der Waals surface area contributed by atoms with E-state index in [0.717, 1.165) is 6.08 Å². The number of rotatable bonds is 6. The van der Waals surface area contributed by atoms with Crippen molar-refractivity contribution in [3.8, 4) is 0 Å². The molecule has 204 valence electrons. The molecule has 0 aromatic rings. The molecule has 3 fully saturated rings. The zero-order valence-corrected chi connectivity index (χ0v) is 21.1. The number of carbonyl (C=O) groups is 5. The largest absolute Gasteiger partial charge is 0.478 e. The number of hydrogen-bond acceptors (Lipinski definition) is 9. The number of carbonyl (C=O) groups excluding carboxylic acids is 4. The molecule has 10 nitrogen and oxygen atoms in total. The first-order valence-electron chi connectivity index (χ1n) is 12.7. The number of cyclic esters (lactones) is 1. The van der Waals surface area contributed by atoms with Crippen LogP contribution in [0.5, 0.6) is 0 Å². The van der Waals surface area contributed by atoms with Crippen LogP contribution in [0.15, 0.2) is 48.6 Å². The number of ether oxygens (including phenoxy) is 2. The number of carboxylic acid groups (broad SMARTS) is 1. The van der Waals surface area contributed by atoms with Crippen molar-refractivity contribution in [1.82, 2.24) is 0 Å². The molecule has 3 unspecified atom stereocenters. The smallest absolute Gasteiger partial charge is 0.328 e. The van der Waals surface area contributed by atoms with Crippen LogP contribution in [0.4, 0.5) is 0 Å². The minimum Gasteiger partial charge on any atom is -0.478 e. The summed E-state index contributed by atoms with van der Waals surface area (Å²) in [5.41, 5.74) is -2.14. The van der Waals surface area contributed by atoms with Gasteiger partial charge >= 0.3 is 17.9 Å². The lowest BCUT2D eigenvalue weighted by Crippen LogP contribution is -2.61. The molecule has 3 N–H and O–H groups in total. The van der Waals surface area contributed by atoms with E-state index >= 15 is 0 Å². The second kappa shape index (κ2) is 10.8. The number of aliphatic hydroxyl groups is 2. The van der Waals surface area contributed by atoms with Gasteiger partial charge in [0.15, 0.2) is 17.3 Å². The quantitative estimate of drug-likeness (QED) is 0.150. The summed E-state index contributed by atoms with van der Waals surface area (Å²) in [5, 5.41) is 29.4. The minimum absolute atomic E-state index is 0.258. The first-order chi connectivity index (χ1) is 18.0. The number of Topliss-reactive ketones (excluding diaryl/α,β-unsaturated/α-hetero) is 2. The van der Waals surface area contributed by atoms with Gasteiger partial charge < -0.3 is 24.8 Å². The van der Waals surface area contributed by atoms with E-state index < -0.39 is 83.5 Å². The van der Waals surface area contributed by atoms with Gasteiger partial charge in [-0.05, 0) is 24.7 Å². The van der Waals surface area contributed by atoms with Crippen molar-refractivity contribution in [2.45, 2.75) is 45.0 Å². The Balaban J connectivity index is 1.73. The standard InChI is InChI=1S/C28H32O10/c1-14-20(37-15(2)30)12-19-18(24(14)33)10-9-16-11-17(7-5-3-4-6-8-22(31)32)28(26(35)23(16)19)25(34)21(13-29)38-27(28)36/h3-10,14,16-21,23-24,29,33H,11-13H2,1-2H3,(H,31,32)/b4-3-,7-5-,8-6-/t14-,16-,17+,18+,19-,20+,21?,23?,24+,28?/m0/s1. The fourth-order valence-electron chi connectivity index (χ4n) is 6.71. The fraction of sp³-hybridized carbons (Fsp3) is 0.536. The molecule has 3 aliphatic carbocycles. The molecule has 38 heavy (non-hydrogen) atoms. The highest BCUT2D eigenvalue weighted by Crippen LogP contribution is 2.56. The molecule has 4 rings (SSSR count). The van der Waals surface area contributed by atoms with Crippen molar-refractivity contribution >= 4 is 29.5 Å². The van der Waals surface area contributed by atoms with Crippen LogP contribution >= 0.6 is 0 Å². The predicted molar refractivity (Wildman–Crippen MR) is 131 cm³/mol. The van der Waals surface area contributed by atoms with E-state index in [1.807, 2.05) is 12.2 Å². The molecule has 1 saturated heterocycles. The maximum Gasteiger partial charge on any atom is 0.328 e. The number of carboxylic acids is 1. The molecule has 0 aromatic carbocycles. The van der Waals surface area contributed by atoms with Crippen LogP contribution in [0.25, 0.3) is 0 Å². The SMILES string of the molecule is CC(=O)O[C@@H]1C[C@@H]2C3C(=O)C4(C(=O)OC(CO)C4=O)[C@H](\C=C/C=C\C=C/C(=O)O)C[C@@H]3C=C[C@H]2[C@H](O)[C@H]1C. The molecule has 0 bridgehead atoms. The van der Waals surface area contributed by atoms with Gasteiger partial charge in [-0.1, -0.05) is 49.5 Å². The highest BCUT2D eigenvalue weighted by molar-refractivity contribution is 6.28. The molecule has 2 saturated carbocycles. The highest BCUT2D eigenvalue weighted by Gasteiger charge is 2.70. The monoisotopic (exact) mass is 528 g/mol. The average Bonchev–Trinajstić information content (AvgIpc) is 3.11. The van der Waals surface area contributed by atoms with E-state index in [0.29, 0.717) is 6.42 Å². The van der Waals surface area contributed by atoms with E-state index in [1.165, 1.54) is 31.2 Å². The van der Waals surface area contributed by atoms with Crippen LogP contribution in [0, 0.1) is 40.9 Å². The lowest BCUT2D eigenvalue weighted by atomic mass is 9.49. The van der Waals surface area contributed by atoms with Gasteiger partial charge in [0, 0.05) is 36.7 Å². The van der Waals surface area contributed by atoms with Crippen molar-refractivity contribution in [1.29, 1.82) is 0 Å². The van der Waals surface area contributed by atoms with Gasteiger partial charge in [-0.3, -0.25) is 19.2 Å². The van der Waals surface area contributed by atoms with Gasteiger partial charge in [0.05, 0.1) is 12.7 Å². The molecule has 1 aliphatic heterocycles. The molecule has 0 amide bonds. The minimum atomic E-state index is -2.14. The van der Waals surface area contributed by atoms with Gasteiger partial charge in [-0.2, -0.15) is 0 Å². The lowest BCUT2D eigenvalue weighted by molar-refractivity contribution is -0.169. The Labute approximate surface area is 219 Å². The van der Waals surface area contributed by atoms with Gasteiger partial charge in [-0.15, -0.1) is 0 Å². The van der Waals surface area contributed by atoms with Crippen LogP contribution < -0.4 is 0 Å². The highest BCUT2D eigenvalue weighted by atomic mass is 16.6. The molecule has 0 aromatic heterocycles. The molecule has 1 spiro atoms. The second-order valence-corrected chi connectivity index (χ2v) is 10.5. The van der Waals surface area contributed by atoms with Crippen molar-refractivity contribution in [3.63, 3.8) is 0 Å². The third kappa shape index (κ3) is 4.56. The molecule has 10 heteroatoms. The van der Waals surface area contributed by atoms with Crippen molar-refractivity contribution < 1.29 is 48.8 Å². The van der Waals surface area contributed by atoms with E-state index in [9.17, 15) is 34.2 Å². The Kier molecular flexibility index (Phi) is 7.85. The molecular weight excluding hydrogens is 496 g/mol. The molecule has 0 radical (unpaired) electrons. The Bertz CT molecular complexity index is 1130. The topological polar surface area (TPSA) is 164 Å². The maximum atomic E-state index is 14.3. The number of esters is 2. The Morgan fingerprint density at radius 1 is 1.11 bits per heavy atom. The van der Waals surface area contributed by atoms with Crippen molar-refractivity contribution in [3.05, 3.63) is 48.6 Å². The van der Waals surface area contributed by atoms with Crippen molar-refractivity contribution in [2.24, 2.45) is 40.9 Å². The summed E-state index contributed by atoms with van der Waals surface area (Å²) in [7, 11) is 0. The summed E-state index contributed by atoms with van der Waals surface area (Å²) in [4.78, 5) is 63.5. The number of aliphatic carboxylic acids is 1.